The van der Waals surface area contributed by atoms with Gasteiger partial charge in [0.25, 0.3) is 0 Å². The molecule has 6 heteroatoms. The van der Waals surface area contributed by atoms with E-state index in [0.29, 0.717) is 25.2 Å². The third-order valence-electron chi connectivity index (χ3n) is 4.87. The lowest BCUT2D eigenvalue weighted by molar-refractivity contribution is -0.155. The van der Waals surface area contributed by atoms with Gasteiger partial charge in [0.15, 0.2) is 0 Å². The van der Waals surface area contributed by atoms with Crippen LogP contribution >= 0.6 is 11.3 Å². The zero-order valence-corrected chi connectivity index (χ0v) is 19.8. The van der Waals surface area contributed by atoms with E-state index in [1.807, 2.05) is 86.8 Å². The van der Waals surface area contributed by atoms with Gasteiger partial charge >= 0.3 is 5.97 Å². The van der Waals surface area contributed by atoms with Crippen molar-refractivity contribution in [3.05, 3.63) is 82.0 Å². The molecule has 2 aromatic carbocycles. The second-order valence-electron chi connectivity index (χ2n) is 8.48. The summed E-state index contributed by atoms with van der Waals surface area (Å²) in [5.41, 5.74) is -0.259. The molecule has 0 saturated heterocycles. The van der Waals surface area contributed by atoms with Crippen LogP contribution in [0, 0.1) is 0 Å². The number of methoxy groups -OCH3 is 1. The monoisotopic (exact) mass is 454 g/mol. The van der Waals surface area contributed by atoms with Crippen molar-refractivity contribution in [3.63, 3.8) is 0 Å². The molecule has 0 bridgehead atoms. The number of carbonyl (C=O) groups excluding carboxylic acids is 1. The third kappa shape index (κ3) is 5.90. The van der Waals surface area contributed by atoms with Crippen molar-refractivity contribution in [3.8, 4) is 11.5 Å². The van der Waals surface area contributed by atoms with Gasteiger partial charge in [-0.2, -0.15) is 0 Å². The van der Waals surface area contributed by atoms with Crippen molar-refractivity contribution in [2.75, 3.05) is 13.7 Å². The average Bonchev–Trinajstić information content (AvgIpc) is 3.31. The summed E-state index contributed by atoms with van der Waals surface area (Å²) >= 11 is 1.50. The summed E-state index contributed by atoms with van der Waals surface area (Å²) < 4.78 is 16.3. The second-order valence-corrected chi connectivity index (χ2v) is 9.43. The number of aliphatic hydroxyl groups is 1. The third-order valence-corrected chi connectivity index (χ3v) is 5.85. The molecule has 0 aliphatic rings. The van der Waals surface area contributed by atoms with Crippen LogP contribution in [0.2, 0.25) is 0 Å². The quantitative estimate of drug-likeness (QED) is 0.340. The summed E-state index contributed by atoms with van der Waals surface area (Å²) in [5, 5.41) is 13.8. The highest BCUT2D eigenvalue weighted by Gasteiger charge is 2.35. The molecule has 0 fully saturated rings. The van der Waals surface area contributed by atoms with Crippen LogP contribution in [-0.4, -0.2) is 30.4 Å². The van der Waals surface area contributed by atoms with E-state index in [-0.39, 0.29) is 5.97 Å². The van der Waals surface area contributed by atoms with Crippen molar-refractivity contribution >= 4 is 17.3 Å². The van der Waals surface area contributed by atoms with Gasteiger partial charge in [0.05, 0.1) is 13.7 Å². The average molecular weight is 455 g/mol. The number of benzene rings is 2. The van der Waals surface area contributed by atoms with Crippen molar-refractivity contribution in [2.24, 2.45) is 0 Å². The highest BCUT2D eigenvalue weighted by atomic mass is 32.1. The van der Waals surface area contributed by atoms with Crippen molar-refractivity contribution in [1.29, 1.82) is 0 Å². The van der Waals surface area contributed by atoms with E-state index in [2.05, 4.69) is 0 Å². The fourth-order valence-electron chi connectivity index (χ4n) is 3.36. The van der Waals surface area contributed by atoms with E-state index in [1.54, 1.807) is 7.11 Å². The summed E-state index contributed by atoms with van der Waals surface area (Å²) in [6, 6.07) is 18.7. The van der Waals surface area contributed by atoms with Crippen LogP contribution in [0.5, 0.6) is 11.5 Å². The standard InChI is InChI=1S/C26H30O5S/c1-25(2,3)31-24(27)8-5-17-30-22-15-11-20(12-16-22)26(28,23-7-6-18-32-23)19-9-13-21(29-4)14-10-19/h6-7,9-16,18,28H,5,8,17H2,1-4H3. The zero-order chi connectivity index (χ0) is 23.2. The molecule has 0 spiro atoms. The highest BCUT2D eigenvalue weighted by molar-refractivity contribution is 7.10. The van der Waals surface area contributed by atoms with Gasteiger partial charge in [-0.25, -0.2) is 0 Å². The maximum Gasteiger partial charge on any atom is 0.306 e. The van der Waals surface area contributed by atoms with Crippen molar-refractivity contribution < 1.29 is 24.1 Å². The fourth-order valence-corrected chi connectivity index (χ4v) is 4.23. The van der Waals surface area contributed by atoms with Crippen LogP contribution in [-0.2, 0) is 15.1 Å². The Kier molecular flexibility index (Phi) is 7.59. The van der Waals surface area contributed by atoms with Gasteiger partial charge in [-0.1, -0.05) is 30.3 Å². The number of esters is 1. The Labute approximate surface area is 193 Å². The molecule has 1 N–H and O–H groups in total. The Morgan fingerprint density at radius 1 is 0.938 bits per heavy atom. The van der Waals surface area contributed by atoms with E-state index in [9.17, 15) is 9.90 Å². The first-order valence-corrected chi connectivity index (χ1v) is 11.5. The van der Waals surface area contributed by atoms with Gasteiger partial charge in [0.2, 0.25) is 0 Å². The first-order chi connectivity index (χ1) is 15.2. The molecular weight excluding hydrogens is 424 g/mol. The minimum Gasteiger partial charge on any atom is -0.497 e. The van der Waals surface area contributed by atoms with E-state index in [0.717, 1.165) is 21.8 Å². The van der Waals surface area contributed by atoms with E-state index in [1.165, 1.54) is 11.3 Å². The number of thiophene rings is 1. The summed E-state index contributed by atoms with van der Waals surface area (Å²) in [4.78, 5) is 12.6. The molecule has 5 nitrogen and oxygen atoms in total. The minimum atomic E-state index is -1.28. The Hall–Kier alpha value is -2.83. The molecule has 3 rings (SSSR count). The lowest BCUT2D eigenvalue weighted by Gasteiger charge is -2.28. The molecule has 0 radical (unpaired) electrons. The largest absolute Gasteiger partial charge is 0.497 e. The van der Waals surface area contributed by atoms with Crippen LogP contribution < -0.4 is 9.47 Å². The summed E-state index contributed by atoms with van der Waals surface area (Å²) in [6.45, 7) is 5.97. The Bertz CT molecular complexity index is 988. The van der Waals surface area contributed by atoms with Gasteiger partial charge in [-0.3, -0.25) is 4.79 Å². The van der Waals surface area contributed by atoms with E-state index < -0.39 is 11.2 Å². The topological polar surface area (TPSA) is 65.0 Å². The Morgan fingerprint density at radius 3 is 2.03 bits per heavy atom. The first kappa shape index (κ1) is 23.8. The van der Waals surface area contributed by atoms with Gasteiger partial charge in [0.1, 0.15) is 22.7 Å². The maximum absolute atomic E-state index is 11.8. The number of ether oxygens (including phenoxy) is 3. The molecule has 1 unspecified atom stereocenters. The van der Waals surface area contributed by atoms with Gasteiger partial charge in [-0.05, 0) is 74.0 Å². The zero-order valence-electron chi connectivity index (χ0n) is 19.0. The molecule has 170 valence electrons. The molecule has 0 saturated carbocycles. The maximum atomic E-state index is 11.8. The predicted molar refractivity (Wildman–Crippen MR) is 126 cm³/mol. The highest BCUT2D eigenvalue weighted by Crippen LogP contribution is 2.40. The SMILES string of the molecule is COc1ccc(C(O)(c2ccc(OCCCC(=O)OC(C)(C)C)cc2)c2cccs2)cc1. The van der Waals surface area contributed by atoms with Gasteiger partial charge in [-0.15, -0.1) is 11.3 Å². The van der Waals surface area contributed by atoms with E-state index >= 15 is 0 Å². The fraction of sp³-hybridized carbons (Fsp3) is 0.346. The Morgan fingerprint density at radius 2 is 1.53 bits per heavy atom. The lowest BCUT2D eigenvalue weighted by atomic mass is 9.85. The molecule has 0 amide bonds. The minimum absolute atomic E-state index is 0.225. The molecule has 1 atom stereocenters. The molecule has 32 heavy (non-hydrogen) atoms. The lowest BCUT2D eigenvalue weighted by Crippen LogP contribution is -2.27. The molecule has 0 aliphatic heterocycles. The van der Waals surface area contributed by atoms with Crippen LogP contribution in [0.1, 0.15) is 49.6 Å². The number of hydrogen-bond donors (Lipinski definition) is 1. The Balaban J connectivity index is 1.69. The van der Waals surface area contributed by atoms with Crippen LogP contribution in [0.15, 0.2) is 66.0 Å². The van der Waals surface area contributed by atoms with Crippen LogP contribution in [0.25, 0.3) is 0 Å². The van der Waals surface area contributed by atoms with Crippen LogP contribution in [0.4, 0.5) is 0 Å². The summed E-state index contributed by atoms with van der Waals surface area (Å²) in [6.07, 6.45) is 0.882. The smallest absolute Gasteiger partial charge is 0.306 e. The molecule has 1 heterocycles. The number of rotatable bonds is 9. The molecule has 0 aliphatic carbocycles. The van der Waals surface area contributed by atoms with Gasteiger partial charge in [0, 0.05) is 11.3 Å². The predicted octanol–water partition coefficient (Wildman–Crippen LogP) is 5.54. The number of carbonyl (C=O) groups is 1. The normalized spacial score (nSPS) is 13.3. The van der Waals surface area contributed by atoms with Crippen LogP contribution in [0.3, 0.4) is 0 Å². The molecule has 3 aromatic rings. The van der Waals surface area contributed by atoms with Gasteiger partial charge < -0.3 is 19.3 Å². The van der Waals surface area contributed by atoms with E-state index in [4.69, 9.17) is 14.2 Å². The first-order valence-electron chi connectivity index (χ1n) is 10.6. The van der Waals surface area contributed by atoms with Crippen molar-refractivity contribution in [2.45, 2.75) is 44.8 Å². The molecular formula is C26H30O5S. The van der Waals surface area contributed by atoms with Crippen molar-refractivity contribution in [1.82, 2.24) is 0 Å². The summed E-state index contributed by atoms with van der Waals surface area (Å²) in [7, 11) is 1.62. The molecule has 1 aromatic heterocycles. The summed E-state index contributed by atoms with van der Waals surface area (Å²) in [5.74, 6) is 1.19. The number of hydrogen-bond acceptors (Lipinski definition) is 6. The second kappa shape index (κ2) is 10.2.